The fraction of sp³-hybridized carbons (Fsp3) is 0.409. The number of carbonyl (C=O) groups is 1. The van der Waals surface area contributed by atoms with Crippen molar-refractivity contribution in [1.29, 1.82) is 0 Å². The summed E-state index contributed by atoms with van der Waals surface area (Å²) in [6, 6.07) is 11.4. The van der Waals surface area contributed by atoms with E-state index < -0.39 is 11.6 Å². The molecule has 1 aromatic heterocycles. The minimum Gasteiger partial charge on any atom is -0.481 e. The van der Waals surface area contributed by atoms with Crippen LogP contribution in [0, 0.1) is 5.92 Å². The van der Waals surface area contributed by atoms with Gasteiger partial charge in [-0.05, 0) is 24.8 Å². The first-order valence-electron chi connectivity index (χ1n) is 9.95. The largest absolute Gasteiger partial charge is 0.481 e. The number of aliphatic hydroxyl groups is 1. The van der Waals surface area contributed by atoms with Gasteiger partial charge in [0.15, 0.2) is 0 Å². The molecule has 0 radical (unpaired) electrons. The fourth-order valence-corrected chi connectivity index (χ4v) is 4.16. The van der Waals surface area contributed by atoms with Crippen LogP contribution in [0.15, 0.2) is 54.7 Å². The van der Waals surface area contributed by atoms with Crippen molar-refractivity contribution >= 4 is 11.9 Å². The van der Waals surface area contributed by atoms with E-state index in [0.717, 1.165) is 18.4 Å². The Bertz CT molecular complexity index is 881. The van der Waals surface area contributed by atoms with Gasteiger partial charge in [0.25, 0.3) is 0 Å². The number of methoxy groups -OCH3 is 1. The number of hydrogen-bond donors (Lipinski definition) is 2. The highest BCUT2D eigenvalue weighted by atomic mass is 16.5. The molecular weight excluding hydrogens is 368 g/mol. The number of hydrogen-bond acceptors (Lipinski definition) is 6. The van der Waals surface area contributed by atoms with E-state index in [2.05, 4.69) is 15.3 Å². The van der Waals surface area contributed by atoms with E-state index in [1.165, 1.54) is 0 Å². The Hall–Kier alpha value is -2.93. The molecule has 1 aromatic carbocycles. The smallest absolute Gasteiger partial charge is 0.228 e. The summed E-state index contributed by atoms with van der Waals surface area (Å²) >= 11 is 0. The third kappa shape index (κ3) is 3.82. The van der Waals surface area contributed by atoms with Crippen LogP contribution >= 0.6 is 0 Å². The molecule has 1 fully saturated rings. The summed E-state index contributed by atoms with van der Waals surface area (Å²) in [6.07, 6.45) is 6.95. The molecule has 2 N–H and O–H groups in total. The molecule has 1 saturated heterocycles. The summed E-state index contributed by atoms with van der Waals surface area (Å²) in [5, 5.41) is 14.5. The molecule has 2 aromatic rings. The van der Waals surface area contributed by atoms with Gasteiger partial charge in [-0.1, -0.05) is 42.5 Å². The second-order valence-corrected chi connectivity index (χ2v) is 7.58. The summed E-state index contributed by atoms with van der Waals surface area (Å²) in [7, 11) is 1.56. The number of piperidine rings is 1. The lowest BCUT2D eigenvalue weighted by Gasteiger charge is -2.46. The Labute approximate surface area is 170 Å². The number of nitrogens with zero attached hydrogens (tertiary/aromatic N) is 3. The van der Waals surface area contributed by atoms with Gasteiger partial charge in [-0.15, -0.1) is 0 Å². The molecule has 2 aliphatic rings. The molecule has 1 amide bonds. The van der Waals surface area contributed by atoms with E-state index >= 15 is 0 Å². The summed E-state index contributed by atoms with van der Waals surface area (Å²) in [4.78, 5) is 23.6. The van der Waals surface area contributed by atoms with Gasteiger partial charge in [0.1, 0.15) is 0 Å². The SMILES string of the molecule is COc1ccnc(N2CC[C@](NC(=O)C3CC=CC3)(c3ccccc3)[C@H](O)C2)n1. The number of carbonyl (C=O) groups excluding carboxylic acids is 1. The van der Waals surface area contributed by atoms with E-state index in [-0.39, 0.29) is 11.8 Å². The van der Waals surface area contributed by atoms with Crippen molar-refractivity contribution in [3.05, 3.63) is 60.3 Å². The standard InChI is InChI=1S/C22H26N4O3/c1-29-19-11-13-23-21(24-19)26-14-12-22(18(27)15-26,17-9-3-2-4-10-17)25-20(28)16-7-5-6-8-16/h2-6,9-11,13,16,18,27H,7-8,12,14-15H2,1H3,(H,25,28)/t18-,22+/m1/s1. The molecule has 2 heterocycles. The van der Waals surface area contributed by atoms with E-state index in [1.807, 2.05) is 47.4 Å². The maximum absolute atomic E-state index is 13.0. The number of rotatable bonds is 5. The van der Waals surface area contributed by atoms with Crippen LogP contribution in [0.1, 0.15) is 24.8 Å². The lowest BCUT2D eigenvalue weighted by molar-refractivity contribution is -0.129. The maximum Gasteiger partial charge on any atom is 0.228 e. The van der Waals surface area contributed by atoms with Crippen LogP contribution in [0.5, 0.6) is 5.88 Å². The van der Waals surface area contributed by atoms with Gasteiger partial charge in [0.2, 0.25) is 17.7 Å². The van der Waals surface area contributed by atoms with Gasteiger partial charge in [-0.3, -0.25) is 4.79 Å². The number of nitrogens with one attached hydrogen (secondary N) is 1. The fourth-order valence-electron chi connectivity index (χ4n) is 4.16. The third-order valence-corrected chi connectivity index (χ3v) is 5.86. The Kier molecular flexibility index (Phi) is 5.49. The quantitative estimate of drug-likeness (QED) is 0.755. The molecule has 2 atom stereocenters. The molecule has 29 heavy (non-hydrogen) atoms. The first-order chi connectivity index (χ1) is 14.1. The summed E-state index contributed by atoms with van der Waals surface area (Å²) in [5.74, 6) is 0.911. The predicted molar refractivity (Wildman–Crippen MR) is 110 cm³/mol. The van der Waals surface area contributed by atoms with E-state index in [1.54, 1.807) is 19.4 Å². The molecule has 0 bridgehead atoms. The topological polar surface area (TPSA) is 87.6 Å². The monoisotopic (exact) mass is 394 g/mol. The molecule has 4 rings (SSSR count). The van der Waals surface area contributed by atoms with E-state index in [9.17, 15) is 9.90 Å². The average Bonchev–Trinajstić information content (AvgIpc) is 3.31. The zero-order valence-corrected chi connectivity index (χ0v) is 16.5. The Morgan fingerprint density at radius 3 is 2.69 bits per heavy atom. The molecule has 0 saturated carbocycles. The van der Waals surface area contributed by atoms with Crippen molar-refractivity contribution in [2.45, 2.75) is 30.9 Å². The van der Waals surface area contributed by atoms with Crippen molar-refractivity contribution < 1.29 is 14.6 Å². The molecule has 7 nitrogen and oxygen atoms in total. The summed E-state index contributed by atoms with van der Waals surface area (Å²) in [6.45, 7) is 0.910. The van der Waals surface area contributed by atoms with Crippen LogP contribution in [0.3, 0.4) is 0 Å². The minimum atomic E-state index is -0.837. The first-order valence-corrected chi connectivity index (χ1v) is 9.95. The van der Waals surface area contributed by atoms with Crippen molar-refractivity contribution in [1.82, 2.24) is 15.3 Å². The maximum atomic E-state index is 13.0. The molecule has 0 unspecified atom stereocenters. The van der Waals surface area contributed by atoms with E-state index in [0.29, 0.717) is 31.3 Å². The van der Waals surface area contributed by atoms with Crippen LogP contribution in [0.4, 0.5) is 5.95 Å². The second kappa shape index (κ2) is 8.21. The van der Waals surface area contributed by atoms with Crippen LogP contribution in [0.25, 0.3) is 0 Å². The lowest BCUT2D eigenvalue weighted by Crippen LogP contribution is -2.63. The number of aromatic nitrogens is 2. The molecule has 1 aliphatic heterocycles. The summed E-state index contributed by atoms with van der Waals surface area (Å²) < 4.78 is 5.19. The second-order valence-electron chi connectivity index (χ2n) is 7.58. The zero-order chi connectivity index (χ0) is 20.3. The van der Waals surface area contributed by atoms with Gasteiger partial charge in [0, 0.05) is 31.3 Å². The zero-order valence-electron chi connectivity index (χ0n) is 16.5. The van der Waals surface area contributed by atoms with Crippen molar-refractivity contribution in [3.63, 3.8) is 0 Å². The number of benzene rings is 1. The number of allylic oxidation sites excluding steroid dienone is 2. The average molecular weight is 394 g/mol. The van der Waals surface area contributed by atoms with Crippen LogP contribution in [0.2, 0.25) is 0 Å². The predicted octanol–water partition coefficient (Wildman–Crippen LogP) is 2.03. The Morgan fingerprint density at radius 2 is 2.00 bits per heavy atom. The number of amides is 1. The molecule has 0 spiro atoms. The normalized spacial score (nSPS) is 24.5. The van der Waals surface area contributed by atoms with Crippen molar-refractivity contribution in [3.8, 4) is 5.88 Å². The minimum absolute atomic E-state index is 0.0102. The van der Waals surface area contributed by atoms with Gasteiger partial charge >= 0.3 is 0 Å². The number of aliphatic hydroxyl groups excluding tert-OH is 1. The van der Waals surface area contributed by atoms with Gasteiger partial charge in [-0.2, -0.15) is 4.98 Å². The van der Waals surface area contributed by atoms with Crippen molar-refractivity contribution in [2.24, 2.45) is 5.92 Å². The lowest BCUT2D eigenvalue weighted by atomic mass is 9.78. The number of β-amino-alcohol motifs (C(OH)–C–C–N with tert-alkyl or cyclic N) is 1. The third-order valence-electron chi connectivity index (χ3n) is 5.86. The van der Waals surface area contributed by atoms with Crippen LogP contribution in [-0.4, -0.2) is 47.3 Å². The van der Waals surface area contributed by atoms with Gasteiger partial charge in [-0.25, -0.2) is 4.98 Å². The van der Waals surface area contributed by atoms with Crippen molar-refractivity contribution in [2.75, 3.05) is 25.1 Å². The molecule has 7 heteroatoms. The first kappa shape index (κ1) is 19.4. The van der Waals surface area contributed by atoms with Crippen LogP contribution in [-0.2, 0) is 10.3 Å². The Morgan fingerprint density at radius 1 is 1.24 bits per heavy atom. The Balaban J connectivity index is 1.59. The molecule has 152 valence electrons. The number of ether oxygens (including phenoxy) is 1. The van der Waals surface area contributed by atoms with Gasteiger partial charge in [0.05, 0.1) is 18.8 Å². The van der Waals surface area contributed by atoms with Crippen LogP contribution < -0.4 is 15.0 Å². The van der Waals surface area contributed by atoms with Gasteiger partial charge < -0.3 is 20.1 Å². The molecule has 1 aliphatic carbocycles. The number of anilines is 1. The van der Waals surface area contributed by atoms with E-state index in [4.69, 9.17) is 4.74 Å². The highest BCUT2D eigenvalue weighted by Crippen LogP contribution is 2.35. The molecular formula is C22H26N4O3. The highest BCUT2D eigenvalue weighted by Gasteiger charge is 2.46. The summed E-state index contributed by atoms with van der Waals surface area (Å²) in [5.41, 5.74) is 0.0778. The highest BCUT2D eigenvalue weighted by molar-refractivity contribution is 5.80.